The van der Waals surface area contributed by atoms with Crippen molar-refractivity contribution in [1.82, 2.24) is 9.55 Å². The average molecular weight is 334 g/mol. The van der Waals surface area contributed by atoms with Crippen molar-refractivity contribution in [1.29, 1.82) is 0 Å². The van der Waals surface area contributed by atoms with Crippen LogP contribution in [0.5, 0.6) is 0 Å². The molecule has 0 fully saturated rings. The summed E-state index contributed by atoms with van der Waals surface area (Å²) in [5.74, 6) is 0.286. The number of anilines is 1. The molecule has 1 heterocycles. The van der Waals surface area contributed by atoms with Gasteiger partial charge < -0.3 is 15.0 Å². The molecule has 1 atom stereocenters. The summed E-state index contributed by atoms with van der Waals surface area (Å²) in [5, 5.41) is 13.0. The van der Waals surface area contributed by atoms with Crippen LogP contribution >= 0.6 is 11.6 Å². The number of aliphatic hydroxyl groups is 1. The Morgan fingerprint density at radius 1 is 1.30 bits per heavy atom. The fraction of sp³-hybridized carbons (Fsp3) is 0.235. The molecule has 6 heteroatoms. The molecule has 0 aliphatic carbocycles. The SMILES string of the molecule is CC(O)CNc1nc2ccccc2n1Cc1ccc(F)cc1Cl. The van der Waals surface area contributed by atoms with E-state index in [1.807, 2.05) is 28.8 Å². The van der Waals surface area contributed by atoms with Crippen LogP contribution in [0.1, 0.15) is 12.5 Å². The monoisotopic (exact) mass is 333 g/mol. The van der Waals surface area contributed by atoms with Crippen LogP contribution in [0.25, 0.3) is 11.0 Å². The predicted octanol–water partition coefficient (Wildman–Crippen LogP) is 3.67. The molecular weight excluding hydrogens is 317 g/mol. The molecular formula is C17H17ClFN3O. The second kappa shape index (κ2) is 6.56. The van der Waals surface area contributed by atoms with Gasteiger partial charge in [-0.15, -0.1) is 0 Å². The van der Waals surface area contributed by atoms with E-state index in [2.05, 4.69) is 10.3 Å². The zero-order valence-corrected chi connectivity index (χ0v) is 13.4. The van der Waals surface area contributed by atoms with Gasteiger partial charge in [0, 0.05) is 11.6 Å². The van der Waals surface area contributed by atoms with Crippen molar-refractivity contribution in [3.63, 3.8) is 0 Å². The fourth-order valence-electron chi connectivity index (χ4n) is 2.43. The first kappa shape index (κ1) is 15.8. The van der Waals surface area contributed by atoms with E-state index in [1.165, 1.54) is 12.1 Å². The largest absolute Gasteiger partial charge is 0.392 e. The van der Waals surface area contributed by atoms with Crippen LogP contribution in [0, 0.1) is 5.82 Å². The first-order valence-electron chi connectivity index (χ1n) is 7.35. The highest BCUT2D eigenvalue weighted by Gasteiger charge is 2.13. The number of nitrogens with zero attached hydrogens (tertiary/aromatic N) is 2. The molecule has 4 nitrogen and oxygen atoms in total. The van der Waals surface area contributed by atoms with Crippen molar-refractivity contribution < 1.29 is 9.50 Å². The van der Waals surface area contributed by atoms with Crippen molar-refractivity contribution in [2.75, 3.05) is 11.9 Å². The lowest BCUT2D eigenvalue weighted by molar-refractivity contribution is 0.208. The molecule has 2 aromatic carbocycles. The van der Waals surface area contributed by atoms with E-state index in [9.17, 15) is 9.50 Å². The Labute approximate surface area is 138 Å². The summed E-state index contributed by atoms with van der Waals surface area (Å²) in [7, 11) is 0. The number of rotatable bonds is 5. The van der Waals surface area contributed by atoms with Crippen LogP contribution in [-0.4, -0.2) is 27.3 Å². The minimum Gasteiger partial charge on any atom is -0.392 e. The van der Waals surface area contributed by atoms with Crippen LogP contribution in [0.2, 0.25) is 5.02 Å². The minimum atomic E-state index is -0.488. The van der Waals surface area contributed by atoms with Crippen molar-refractivity contribution in [2.24, 2.45) is 0 Å². The van der Waals surface area contributed by atoms with Gasteiger partial charge in [-0.3, -0.25) is 0 Å². The number of hydrogen-bond donors (Lipinski definition) is 2. The first-order chi connectivity index (χ1) is 11.0. The number of aromatic nitrogens is 2. The zero-order chi connectivity index (χ0) is 16.4. The molecule has 0 aliphatic rings. The fourth-order valence-corrected chi connectivity index (χ4v) is 2.66. The second-order valence-electron chi connectivity index (χ2n) is 5.48. The molecule has 0 saturated carbocycles. The topological polar surface area (TPSA) is 50.1 Å². The summed E-state index contributed by atoms with van der Waals surface area (Å²) in [6.45, 7) is 2.55. The Hall–Kier alpha value is -2.11. The number of nitrogens with one attached hydrogen (secondary N) is 1. The summed E-state index contributed by atoms with van der Waals surface area (Å²) in [4.78, 5) is 4.55. The van der Waals surface area contributed by atoms with Gasteiger partial charge >= 0.3 is 0 Å². The summed E-state index contributed by atoms with van der Waals surface area (Å²) < 4.78 is 15.2. The quantitative estimate of drug-likeness (QED) is 0.749. The van der Waals surface area contributed by atoms with Gasteiger partial charge in [0.15, 0.2) is 0 Å². The van der Waals surface area contributed by atoms with Gasteiger partial charge in [0.2, 0.25) is 5.95 Å². The molecule has 3 rings (SSSR count). The predicted molar refractivity (Wildman–Crippen MR) is 90.4 cm³/mol. The van der Waals surface area contributed by atoms with Crippen LogP contribution in [0.3, 0.4) is 0 Å². The van der Waals surface area contributed by atoms with Crippen LogP contribution in [0.15, 0.2) is 42.5 Å². The third-order valence-electron chi connectivity index (χ3n) is 3.55. The first-order valence-corrected chi connectivity index (χ1v) is 7.73. The summed E-state index contributed by atoms with van der Waals surface area (Å²) in [6, 6.07) is 12.1. The lowest BCUT2D eigenvalue weighted by atomic mass is 10.2. The van der Waals surface area contributed by atoms with Crippen molar-refractivity contribution in [3.8, 4) is 0 Å². The lowest BCUT2D eigenvalue weighted by Crippen LogP contribution is -2.18. The van der Waals surface area contributed by atoms with Gasteiger partial charge in [0.25, 0.3) is 0 Å². The molecule has 23 heavy (non-hydrogen) atoms. The maximum atomic E-state index is 13.2. The van der Waals surface area contributed by atoms with Crippen molar-refractivity contribution >= 4 is 28.6 Å². The Balaban J connectivity index is 2.01. The maximum Gasteiger partial charge on any atom is 0.204 e. The third kappa shape index (κ3) is 3.46. The van der Waals surface area contributed by atoms with E-state index < -0.39 is 6.10 Å². The highest BCUT2D eigenvalue weighted by Crippen LogP contribution is 2.24. The minimum absolute atomic E-state index is 0.360. The number of hydrogen-bond acceptors (Lipinski definition) is 3. The Morgan fingerprint density at radius 2 is 2.09 bits per heavy atom. The molecule has 0 amide bonds. The van der Waals surface area contributed by atoms with Gasteiger partial charge in [-0.2, -0.15) is 0 Å². The van der Waals surface area contributed by atoms with Crippen LogP contribution in [0.4, 0.5) is 10.3 Å². The van der Waals surface area contributed by atoms with Crippen LogP contribution in [-0.2, 0) is 6.54 Å². The molecule has 1 aromatic heterocycles. The number of imidazole rings is 1. The summed E-state index contributed by atoms with van der Waals surface area (Å²) in [6.07, 6.45) is -0.488. The van der Waals surface area contributed by atoms with E-state index >= 15 is 0 Å². The van der Waals surface area contributed by atoms with Crippen LogP contribution < -0.4 is 5.32 Å². The Kier molecular flexibility index (Phi) is 4.50. The van der Waals surface area contributed by atoms with Gasteiger partial charge in [-0.25, -0.2) is 9.37 Å². The van der Waals surface area contributed by atoms with Gasteiger partial charge in [0.05, 0.1) is 23.7 Å². The molecule has 0 bridgehead atoms. The number of benzene rings is 2. The van der Waals surface area contributed by atoms with E-state index in [1.54, 1.807) is 13.0 Å². The molecule has 0 radical (unpaired) electrons. The second-order valence-corrected chi connectivity index (χ2v) is 5.88. The Bertz CT molecular complexity index is 832. The van der Waals surface area contributed by atoms with E-state index in [0.717, 1.165) is 16.6 Å². The number of aliphatic hydroxyl groups excluding tert-OH is 1. The average Bonchev–Trinajstić information content (AvgIpc) is 2.86. The van der Waals surface area contributed by atoms with Crippen molar-refractivity contribution in [2.45, 2.75) is 19.6 Å². The normalized spacial score (nSPS) is 12.5. The summed E-state index contributed by atoms with van der Waals surface area (Å²) in [5.41, 5.74) is 2.59. The van der Waals surface area contributed by atoms with E-state index in [-0.39, 0.29) is 5.82 Å². The smallest absolute Gasteiger partial charge is 0.204 e. The molecule has 0 aliphatic heterocycles. The standard InChI is InChI=1S/C17H17ClFN3O/c1-11(23)9-20-17-21-15-4-2-3-5-16(15)22(17)10-12-6-7-13(19)8-14(12)18/h2-8,11,23H,9-10H2,1H3,(H,20,21). The molecule has 120 valence electrons. The molecule has 3 aromatic rings. The zero-order valence-electron chi connectivity index (χ0n) is 12.6. The molecule has 0 saturated heterocycles. The molecule has 0 spiro atoms. The highest BCUT2D eigenvalue weighted by molar-refractivity contribution is 6.31. The highest BCUT2D eigenvalue weighted by atomic mass is 35.5. The number of para-hydroxylation sites is 2. The number of fused-ring (bicyclic) bond motifs is 1. The van der Waals surface area contributed by atoms with E-state index in [4.69, 9.17) is 11.6 Å². The van der Waals surface area contributed by atoms with Gasteiger partial charge in [-0.1, -0.05) is 29.8 Å². The molecule has 2 N–H and O–H groups in total. The lowest BCUT2D eigenvalue weighted by Gasteiger charge is -2.13. The van der Waals surface area contributed by atoms with Crippen molar-refractivity contribution in [3.05, 3.63) is 58.9 Å². The third-order valence-corrected chi connectivity index (χ3v) is 3.91. The number of halogens is 2. The summed E-state index contributed by atoms with van der Waals surface area (Å²) >= 11 is 6.14. The van der Waals surface area contributed by atoms with Gasteiger partial charge in [0.1, 0.15) is 5.82 Å². The Morgan fingerprint density at radius 3 is 2.83 bits per heavy atom. The van der Waals surface area contributed by atoms with E-state index in [0.29, 0.717) is 24.1 Å². The maximum absolute atomic E-state index is 13.2. The molecule has 1 unspecified atom stereocenters. The van der Waals surface area contributed by atoms with Gasteiger partial charge in [-0.05, 0) is 36.8 Å².